The van der Waals surface area contributed by atoms with Gasteiger partial charge in [-0.05, 0) is 38.5 Å². The zero-order valence-electron chi connectivity index (χ0n) is 9.64. The second-order valence-corrected chi connectivity index (χ2v) is 5.50. The predicted molar refractivity (Wildman–Crippen MR) is 62.7 cm³/mol. The lowest BCUT2D eigenvalue weighted by molar-refractivity contribution is -0.139. The van der Waals surface area contributed by atoms with Crippen molar-refractivity contribution in [3.05, 3.63) is 12.2 Å². The van der Waals surface area contributed by atoms with E-state index in [4.69, 9.17) is 5.73 Å². The Labute approximate surface area is 96.7 Å². The minimum Gasteiger partial charge on any atom is -0.336 e. The summed E-state index contributed by atoms with van der Waals surface area (Å²) in [6.45, 7) is 0. The molecule has 2 aliphatic heterocycles. The molecule has 0 aromatic carbocycles. The van der Waals surface area contributed by atoms with Crippen molar-refractivity contribution >= 4 is 5.91 Å². The standard InChI is InChI=1S/C13H20N2O/c14-10-7-11-5-6-12(8-10)15(11)13(16)9-3-1-2-4-9/h1-2,9-12H,3-8,14H2. The monoisotopic (exact) mass is 220 g/mol. The van der Waals surface area contributed by atoms with E-state index in [1.807, 2.05) is 0 Å². The number of carbonyl (C=O) groups excluding carboxylic acids is 1. The van der Waals surface area contributed by atoms with Gasteiger partial charge in [0, 0.05) is 24.0 Å². The normalized spacial score (nSPS) is 38.3. The van der Waals surface area contributed by atoms with Crippen molar-refractivity contribution in [1.82, 2.24) is 4.90 Å². The first-order valence-corrected chi connectivity index (χ1v) is 6.48. The Balaban J connectivity index is 1.73. The molecule has 2 atom stereocenters. The fourth-order valence-corrected chi connectivity index (χ4v) is 3.61. The second-order valence-electron chi connectivity index (χ2n) is 5.50. The van der Waals surface area contributed by atoms with E-state index in [1.165, 1.54) is 12.8 Å². The Hall–Kier alpha value is -0.830. The first kappa shape index (κ1) is 10.3. The Morgan fingerprint density at radius 1 is 1.12 bits per heavy atom. The number of hydrogen-bond donors (Lipinski definition) is 1. The van der Waals surface area contributed by atoms with Crippen LogP contribution in [0.3, 0.4) is 0 Å². The molecule has 0 radical (unpaired) electrons. The largest absolute Gasteiger partial charge is 0.336 e. The maximum Gasteiger partial charge on any atom is 0.226 e. The van der Waals surface area contributed by atoms with Crippen LogP contribution in [0.1, 0.15) is 38.5 Å². The maximum atomic E-state index is 12.4. The summed E-state index contributed by atoms with van der Waals surface area (Å²) in [5.74, 6) is 0.627. The van der Waals surface area contributed by atoms with Crippen molar-refractivity contribution in [3.8, 4) is 0 Å². The Morgan fingerprint density at radius 3 is 2.25 bits per heavy atom. The molecule has 0 aromatic heterocycles. The average Bonchev–Trinajstić information content (AvgIpc) is 2.85. The van der Waals surface area contributed by atoms with Crippen LogP contribution in [-0.4, -0.2) is 28.9 Å². The number of fused-ring (bicyclic) bond motifs is 2. The van der Waals surface area contributed by atoms with Gasteiger partial charge >= 0.3 is 0 Å². The quantitative estimate of drug-likeness (QED) is 0.680. The number of amides is 1. The fraction of sp³-hybridized carbons (Fsp3) is 0.769. The van der Waals surface area contributed by atoms with E-state index in [1.54, 1.807) is 0 Å². The number of rotatable bonds is 1. The van der Waals surface area contributed by atoms with E-state index in [0.29, 0.717) is 24.0 Å². The third-order valence-electron chi connectivity index (χ3n) is 4.38. The zero-order valence-corrected chi connectivity index (χ0v) is 9.64. The molecule has 0 spiro atoms. The molecule has 2 fully saturated rings. The van der Waals surface area contributed by atoms with Crippen LogP contribution in [0.4, 0.5) is 0 Å². The van der Waals surface area contributed by atoms with Gasteiger partial charge in [-0.1, -0.05) is 12.2 Å². The molecule has 3 heteroatoms. The number of hydrogen-bond acceptors (Lipinski definition) is 2. The molecule has 88 valence electrons. The SMILES string of the molecule is NC1CC2CCC(C1)N2C(=O)C1CC=CC1. The van der Waals surface area contributed by atoms with Crippen molar-refractivity contribution in [1.29, 1.82) is 0 Å². The highest BCUT2D eigenvalue weighted by molar-refractivity contribution is 5.80. The fourth-order valence-electron chi connectivity index (χ4n) is 3.61. The Bertz CT molecular complexity index is 304. The van der Waals surface area contributed by atoms with Crippen LogP contribution >= 0.6 is 0 Å². The van der Waals surface area contributed by atoms with E-state index in [-0.39, 0.29) is 5.92 Å². The maximum absolute atomic E-state index is 12.4. The molecule has 2 heterocycles. The number of carbonyl (C=O) groups is 1. The van der Waals surface area contributed by atoms with Gasteiger partial charge in [-0.2, -0.15) is 0 Å². The zero-order chi connectivity index (χ0) is 11.1. The molecule has 2 N–H and O–H groups in total. The Morgan fingerprint density at radius 2 is 1.69 bits per heavy atom. The van der Waals surface area contributed by atoms with Gasteiger partial charge < -0.3 is 10.6 Å². The number of piperidine rings is 1. The summed E-state index contributed by atoms with van der Waals surface area (Å²) in [7, 11) is 0. The lowest BCUT2D eigenvalue weighted by Gasteiger charge is -2.39. The van der Waals surface area contributed by atoms with Gasteiger partial charge in [0.15, 0.2) is 0 Å². The van der Waals surface area contributed by atoms with E-state index in [2.05, 4.69) is 17.1 Å². The molecule has 3 rings (SSSR count). The molecule has 1 aliphatic carbocycles. The molecule has 0 aromatic rings. The van der Waals surface area contributed by atoms with Crippen LogP contribution in [0.5, 0.6) is 0 Å². The Kier molecular flexibility index (Phi) is 2.51. The van der Waals surface area contributed by atoms with Gasteiger partial charge in [-0.25, -0.2) is 0 Å². The summed E-state index contributed by atoms with van der Waals surface area (Å²) in [4.78, 5) is 14.6. The molecule has 2 saturated heterocycles. The molecule has 16 heavy (non-hydrogen) atoms. The summed E-state index contributed by atoms with van der Waals surface area (Å²) in [5, 5.41) is 0. The van der Waals surface area contributed by atoms with Crippen LogP contribution in [0.25, 0.3) is 0 Å². The number of nitrogens with zero attached hydrogens (tertiary/aromatic N) is 1. The van der Waals surface area contributed by atoms with E-state index in [0.717, 1.165) is 25.7 Å². The third-order valence-corrected chi connectivity index (χ3v) is 4.38. The van der Waals surface area contributed by atoms with Gasteiger partial charge in [0.25, 0.3) is 0 Å². The summed E-state index contributed by atoms with van der Waals surface area (Å²) >= 11 is 0. The number of nitrogens with two attached hydrogens (primary N) is 1. The first-order chi connectivity index (χ1) is 7.75. The summed E-state index contributed by atoms with van der Waals surface area (Å²) in [6, 6.07) is 1.21. The molecular formula is C13H20N2O. The van der Waals surface area contributed by atoms with Crippen molar-refractivity contribution in [2.24, 2.45) is 11.7 Å². The van der Waals surface area contributed by atoms with Crippen molar-refractivity contribution < 1.29 is 4.79 Å². The van der Waals surface area contributed by atoms with Crippen molar-refractivity contribution in [2.75, 3.05) is 0 Å². The van der Waals surface area contributed by atoms with Crippen molar-refractivity contribution in [3.63, 3.8) is 0 Å². The summed E-state index contributed by atoms with van der Waals surface area (Å²) in [5.41, 5.74) is 6.02. The van der Waals surface area contributed by atoms with E-state index in [9.17, 15) is 4.79 Å². The van der Waals surface area contributed by atoms with Gasteiger partial charge in [0.1, 0.15) is 0 Å². The van der Waals surface area contributed by atoms with Gasteiger partial charge in [0.2, 0.25) is 5.91 Å². The minimum absolute atomic E-state index is 0.234. The molecule has 0 saturated carbocycles. The van der Waals surface area contributed by atoms with E-state index >= 15 is 0 Å². The number of allylic oxidation sites excluding steroid dienone is 2. The van der Waals surface area contributed by atoms with Crippen LogP contribution in [0.2, 0.25) is 0 Å². The van der Waals surface area contributed by atoms with Gasteiger partial charge in [0.05, 0.1) is 0 Å². The average molecular weight is 220 g/mol. The van der Waals surface area contributed by atoms with Crippen LogP contribution < -0.4 is 5.73 Å². The molecule has 3 aliphatic rings. The molecular weight excluding hydrogens is 200 g/mol. The first-order valence-electron chi connectivity index (χ1n) is 6.48. The van der Waals surface area contributed by atoms with Crippen LogP contribution in [0.15, 0.2) is 12.2 Å². The van der Waals surface area contributed by atoms with Crippen LogP contribution in [0, 0.1) is 5.92 Å². The summed E-state index contributed by atoms with van der Waals surface area (Å²) in [6.07, 6.45) is 10.5. The third kappa shape index (κ3) is 1.58. The highest BCUT2D eigenvalue weighted by atomic mass is 16.2. The molecule has 1 amide bonds. The van der Waals surface area contributed by atoms with Gasteiger partial charge in [-0.15, -0.1) is 0 Å². The predicted octanol–water partition coefficient (Wildman–Crippen LogP) is 1.43. The molecule has 3 nitrogen and oxygen atoms in total. The van der Waals surface area contributed by atoms with Crippen LogP contribution in [-0.2, 0) is 4.79 Å². The van der Waals surface area contributed by atoms with Crippen molar-refractivity contribution in [2.45, 2.75) is 56.7 Å². The van der Waals surface area contributed by atoms with E-state index < -0.39 is 0 Å². The minimum atomic E-state index is 0.234. The smallest absolute Gasteiger partial charge is 0.226 e. The molecule has 2 unspecified atom stereocenters. The van der Waals surface area contributed by atoms with Gasteiger partial charge in [-0.3, -0.25) is 4.79 Å². The lowest BCUT2D eigenvalue weighted by Crippen LogP contribution is -2.51. The highest BCUT2D eigenvalue weighted by Gasteiger charge is 2.43. The highest BCUT2D eigenvalue weighted by Crippen LogP contribution is 2.37. The molecule has 2 bridgehead atoms. The lowest BCUT2D eigenvalue weighted by atomic mass is 9.95. The second kappa shape index (κ2) is 3.88. The topological polar surface area (TPSA) is 46.3 Å². The summed E-state index contributed by atoms with van der Waals surface area (Å²) < 4.78 is 0.